The van der Waals surface area contributed by atoms with E-state index in [0.717, 1.165) is 0 Å². The summed E-state index contributed by atoms with van der Waals surface area (Å²) >= 11 is 0. The largest absolute Gasteiger partial charge is 0.481 e. The highest BCUT2D eigenvalue weighted by Gasteiger charge is 2.36. The molecule has 4 rings (SSSR count). The van der Waals surface area contributed by atoms with Crippen molar-refractivity contribution in [2.45, 2.75) is 6.42 Å². The van der Waals surface area contributed by atoms with Crippen molar-refractivity contribution in [3.63, 3.8) is 0 Å². The van der Waals surface area contributed by atoms with E-state index in [1.165, 1.54) is 67.1 Å². The molecule has 0 aliphatic rings. The summed E-state index contributed by atoms with van der Waals surface area (Å²) in [6.07, 6.45) is 1.29. The molecule has 17 heteroatoms. The second kappa shape index (κ2) is 13.4. The van der Waals surface area contributed by atoms with E-state index in [1.807, 2.05) is 0 Å². The van der Waals surface area contributed by atoms with Gasteiger partial charge in [0.1, 0.15) is 17.1 Å². The van der Waals surface area contributed by atoms with Gasteiger partial charge >= 0.3 is 25.6 Å². The molecule has 3 aromatic heterocycles. The van der Waals surface area contributed by atoms with Gasteiger partial charge in [-0.25, -0.2) is 4.79 Å². The zero-order valence-electron chi connectivity index (χ0n) is 23.8. The topological polar surface area (TPSA) is 193 Å². The molecule has 0 aliphatic carbocycles. The summed E-state index contributed by atoms with van der Waals surface area (Å²) < 4.78 is 62.6. The molecule has 228 valence electrons. The van der Waals surface area contributed by atoms with E-state index < -0.39 is 24.9 Å². The monoisotopic (exact) mass is 618 g/mol. The Hall–Kier alpha value is -4.92. The Bertz CT molecular complexity index is 1600. The highest BCUT2D eigenvalue weighted by Crippen LogP contribution is 2.50. The zero-order chi connectivity index (χ0) is 31.1. The Morgan fingerprint density at radius 1 is 0.814 bits per heavy atom. The highest BCUT2D eigenvalue weighted by molar-refractivity contribution is 7.62. The van der Waals surface area contributed by atoms with Gasteiger partial charge in [0, 0.05) is 26.2 Å². The molecule has 1 aromatic carbocycles. The minimum atomic E-state index is -4.14. The number of hydrogen-bond acceptors (Lipinski definition) is 15. The summed E-state index contributed by atoms with van der Waals surface area (Å²) in [5, 5.41) is 10.4. The number of rotatable bonds is 14. The molecule has 0 atom stereocenters. The van der Waals surface area contributed by atoms with Crippen LogP contribution in [0.5, 0.6) is 47.0 Å². The number of benzene rings is 1. The number of carboxylic acids is 1. The van der Waals surface area contributed by atoms with Gasteiger partial charge in [-0.2, -0.15) is 19.9 Å². The molecule has 16 nitrogen and oxygen atoms in total. The zero-order valence-corrected chi connectivity index (χ0v) is 24.7. The number of nitrogens with zero attached hydrogens (tertiary/aromatic N) is 4. The van der Waals surface area contributed by atoms with Crippen LogP contribution in [0.15, 0.2) is 41.0 Å². The van der Waals surface area contributed by atoms with Crippen LogP contribution in [0.2, 0.25) is 0 Å². The van der Waals surface area contributed by atoms with Crippen molar-refractivity contribution in [3.05, 3.63) is 53.5 Å². The van der Waals surface area contributed by atoms with E-state index in [0.29, 0.717) is 5.76 Å². The summed E-state index contributed by atoms with van der Waals surface area (Å²) in [6.45, 7) is 0. The molecule has 0 saturated heterocycles. The fourth-order valence-corrected chi connectivity index (χ4v) is 5.13. The minimum Gasteiger partial charge on any atom is -0.481 e. The number of aromatic nitrogens is 4. The first kappa shape index (κ1) is 31.0. The third-order valence-corrected chi connectivity index (χ3v) is 7.74. The maximum Gasteiger partial charge on any atom is 0.361 e. The second-order valence-corrected chi connectivity index (χ2v) is 10.4. The number of furan rings is 1. The van der Waals surface area contributed by atoms with Crippen molar-refractivity contribution >= 4 is 18.9 Å². The van der Waals surface area contributed by atoms with Gasteiger partial charge in [0.25, 0.3) is 0 Å². The van der Waals surface area contributed by atoms with E-state index in [2.05, 4.69) is 19.9 Å². The smallest absolute Gasteiger partial charge is 0.361 e. The lowest BCUT2D eigenvalue weighted by molar-refractivity contribution is 0.0690. The van der Waals surface area contributed by atoms with Crippen LogP contribution in [0.1, 0.15) is 21.7 Å². The molecule has 0 saturated carbocycles. The number of carbonyl (C=O) groups is 1. The Labute approximate surface area is 245 Å². The Kier molecular flexibility index (Phi) is 9.65. The average Bonchev–Trinajstić information content (AvgIpc) is 3.54. The average molecular weight is 618 g/mol. The molecule has 0 aliphatic heterocycles. The third kappa shape index (κ3) is 6.77. The summed E-state index contributed by atoms with van der Waals surface area (Å²) in [5.74, 6) is -1.71. The standard InChI is InChI=1S/C26H27N4O12P/c1-34-18-12-19(35-2)28-25(27-18)41-16-11-17(43(33,38-5)39-6)15(10-14-8-7-9-40-14)23(22(16)24(31)32)42-26-29-20(36-3)13-21(30-26)37-4/h7-9,11-13H,10H2,1-6H3,(H,31,32). The summed E-state index contributed by atoms with van der Waals surface area (Å²) in [4.78, 5) is 29.4. The molecule has 1 N–H and O–H groups in total. The van der Waals surface area contributed by atoms with Gasteiger partial charge in [-0.1, -0.05) is 0 Å². The summed E-state index contributed by atoms with van der Waals surface area (Å²) in [6, 6.07) is 6.46. The van der Waals surface area contributed by atoms with Crippen LogP contribution in [0.3, 0.4) is 0 Å². The van der Waals surface area contributed by atoms with Gasteiger partial charge in [-0.15, -0.1) is 0 Å². The maximum absolute atomic E-state index is 13.9. The predicted octanol–water partition coefficient (Wildman–Crippen LogP) is 3.88. The molecule has 0 spiro atoms. The Morgan fingerprint density at radius 2 is 1.33 bits per heavy atom. The van der Waals surface area contributed by atoms with Crippen LogP contribution in [0.25, 0.3) is 0 Å². The lowest BCUT2D eigenvalue weighted by Crippen LogP contribution is -2.20. The number of ether oxygens (including phenoxy) is 6. The first-order chi connectivity index (χ1) is 20.7. The molecular weight excluding hydrogens is 591 g/mol. The molecule has 0 fully saturated rings. The number of hydrogen-bond donors (Lipinski definition) is 1. The van der Waals surface area contributed by atoms with Crippen molar-refractivity contribution in [1.82, 2.24) is 19.9 Å². The normalized spacial score (nSPS) is 11.1. The molecule has 4 aromatic rings. The lowest BCUT2D eigenvalue weighted by atomic mass is 10.0. The molecule has 0 bridgehead atoms. The molecule has 0 radical (unpaired) electrons. The molecular formula is C26H27N4O12P. The van der Waals surface area contributed by atoms with Crippen molar-refractivity contribution < 1.29 is 56.4 Å². The molecule has 43 heavy (non-hydrogen) atoms. The highest BCUT2D eigenvalue weighted by atomic mass is 31.2. The van der Waals surface area contributed by atoms with Crippen molar-refractivity contribution in [1.29, 1.82) is 0 Å². The number of carboxylic acid groups (broad SMARTS) is 1. The van der Waals surface area contributed by atoms with Crippen molar-refractivity contribution in [2.24, 2.45) is 0 Å². The van der Waals surface area contributed by atoms with Gasteiger partial charge in [0.15, 0.2) is 5.75 Å². The van der Waals surface area contributed by atoms with Crippen molar-refractivity contribution in [3.8, 4) is 47.0 Å². The number of methoxy groups -OCH3 is 4. The van der Waals surface area contributed by atoms with E-state index in [4.69, 9.17) is 41.9 Å². The minimum absolute atomic E-state index is 0.0428. The molecule has 0 amide bonds. The van der Waals surface area contributed by atoms with Crippen LogP contribution in [0.4, 0.5) is 0 Å². The number of aromatic carboxylic acids is 1. The molecule has 0 unspecified atom stereocenters. The fraction of sp³-hybridized carbons (Fsp3) is 0.269. The van der Waals surface area contributed by atoms with Crippen LogP contribution in [0, 0.1) is 0 Å². The van der Waals surface area contributed by atoms with Crippen LogP contribution >= 0.6 is 7.60 Å². The first-order valence-corrected chi connectivity index (χ1v) is 13.7. The van der Waals surface area contributed by atoms with E-state index >= 15 is 0 Å². The lowest BCUT2D eigenvalue weighted by Gasteiger charge is -2.23. The fourth-order valence-electron chi connectivity index (χ4n) is 3.80. The van der Waals surface area contributed by atoms with Gasteiger partial charge in [0.05, 0.1) is 52.1 Å². The summed E-state index contributed by atoms with van der Waals surface area (Å²) in [7, 11) is 3.63. The Morgan fingerprint density at radius 3 is 1.74 bits per heavy atom. The predicted molar refractivity (Wildman–Crippen MR) is 147 cm³/mol. The van der Waals surface area contributed by atoms with Gasteiger partial charge in [-0.3, -0.25) is 4.57 Å². The maximum atomic E-state index is 13.9. The van der Waals surface area contributed by atoms with Crippen molar-refractivity contribution in [2.75, 3.05) is 42.7 Å². The molecule has 3 heterocycles. The SMILES string of the molecule is COc1cc(OC)nc(Oc2cc(P(=O)(OC)OC)c(Cc3ccco3)c(Oc3nc(OC)cc(OC)n3)c2C(=O)O)n1. The van der Waals surface area contributed by atoms with Crippen LogP contribution < -0.4 is 33.7 Å². The van der Waals surface area contributed by atoms with E-state index in [1.54, 1.807) is 12.1 Å². The second-order valence-electron chi connectivity index (χ2n) is 8.18. The van der Waals surface area contributed by atoms with Crippen LogP contribution in [-0.4, -0.2) is 73.7 Å². The van der Waals surface area contributed by atoms with Gasteiger partial charge in [0.2, 0.25) is 23.5 Å². The van der Waals surface area contributed by atoms with Gasteiger partial charge < -0.3 is 47.0 Å². The summed E-state index contributed by atoms with van der Waals surface area (Å²) in [5.41, 5.74) is -0.499. The Balaban J connectivity index is 2.06. The quantitative estimate of drug-likeness (QED) is 0.200. The van der Waals surface area contributed by atoms with Crippen LogP contribution in [-0.2, 0) is 20.0 Å². The third-order valence-electron chi connectivity index (χ3n) is 5.79. The van der Waals surface area contributed by atoms with E-state index in [9.17, 15) is 14.5 Å². The van der Waals surface area contributed by atoms with Gasteiger partial charge in [-0.05, 0) is 18.2 Å². The first-order valence-electron chi connectivity index (χ1n) is 12.2. The van der Waals surface area contributed by atoms with E-state index in [-0.39, 0.29) is 58.6 Å².